The number of morpholine rings is 1. The van der Waals surface area contributed by atoms with E-state index in [0.29, 0.717) is 11.5 Å². The van der Waals surface area contributed by atoms with E-state index in [2.05, 4.69) is 43.2 Å². The molecular formula is C18H33N3O2. The average molecular weight is 323 g/mol. The summed E-state index contributed by atoms with van der Waals surface area (Å²) in [6.45, 7) is 13.6. The number of nitrogens with one attached hydrogen (secondary N) is 2. The van der Waals surface area contributed by atoms with Crippen LogP contribution in [-0.4, -0.2) is 55.9 Å². The molecule has 5 heteroatoms. The van der Waals surface area contributed by atoms with Gasteiger partial charge in [-0.15, -0.1) is 0 Å². The highest BCUT2D eigenvalue weighted by Crippen LogP contribution is 2.65. The molecule has 2 aliphatic carbocycles. The highest BCUT2D eigenvalue weighted by atomic mass is 16.5. The van der Waals surface area contributed by atoms with Gasteiger partial charge in [0, 0.05) is 31.7 Å². The maximum atomic E-state index is 12.4. The fourth-order valence-electron chi connectivity index (χ4n) is 5.06. The molecular weight excluding hydrogens is 290 g/mol. The van der Waals surface area contributed by atoms with Gasteiger partial charge in [0.1, 0.15) is 0 Å². The van der Waals surface area contributed by atoms with E-state index >= 15 is 0 Å². The summed E-state index contributed by atoms with van der Waals surface area (Å²) in [5.74, 6) is 0.753. The fourth-order valence-corrected chi connectivity index (χ4v) is 5.06. The van der Waals surface area contributed by atoms with Gasteiger partial charge in [0.2, 0.25) is 0 Å². The Morgan fingerprint density at radius 3 is 2.57 bits per heavy atom. The van der Waals surface area contributed by atoms with Crippen molar-refractivity contribution < 1.29 is 9.53 Å². The number of urea groups is 1. The summed E-state index contributed by atoms with van der Waals surface area (Å²) in [6, 6.07) is 0.472. The van der Waals surface area contributed by atoms with E-state index in [4.69, 9.17) is 4.74 Å². The van der Waals surface area contributed by atoms with Gasteiger partial charge >= 0.3 is 6.03 Å². The molecule has 4 atom stereocenters. The molecule has 1 heterocycles. The van der Waals surface area contributed by atoms with Crippen LogP contribution in [0.15, 0.2) is 0 Å². The lowest BCUT2D eigenvalue weighted by atomic mass is 9.69. The predicted octanol–water partition coefficient (Wildman–Crippen LogP) is 2.22. The van der Waals surface area contributed by atoms with Gasteiger partial charge in [0.25, 0.3) is 0 Å². The minimum absolute atomic E-state index is 0.000310. The van der Waals surface area contributed by atoms with Gasteiger partial charge < -0.3 is 15.4 Å². The van der Waals surface area contributed by atoms with Crippen LogP contribution in [0.1, 0.15) is 47.0 Å². The van der Waals surface area contributed by atoms with Gasteiger partial charge in [-0.3, -0.25) is 4.90 Å². The molecule has 0 aromatic heterocycles. The zero-order valence-corrected chi connectivity index (χ0v) is 15.2. The molecule has 3 aliphatic rings. The third-order valence-electron chi connectivity index (χ3n) is 7.11. The van der Waals surface area contributed by atoms with E-state index in [0.717, 1.165) is 45.2 Å². The maximum absolute atomic E-state index is 12.4. The third-order valence-corrected chi connectivity index (χ3v) is 7.11. The van der Waals surface area contributed by atoms with Gasteiger partial charge in [-0.1, -0.05) is 20.8 Å². The van der Waals surface area contributed by atoms with Crippen molar-refractivity contribution in [2.24, 2.45) is 16.7 Å². The molecule has 132 valence electrons. The van der Waals surface area contributed by atoms with Crippen molar-refractivity contribution in [3.63, 3.8) is 0 Å². The molecule has 2 bridgehead atoms. The van der Waals surface area contributed by atoms with E-state index in [-0.39, 0.29) is 17.5 Å². The minimum Gasteiger partial charge on any atom is -0.379 e. The van der Waals surface area contributed by atoms with Crippen molar-refractivity contribution >= 4 is 6.03 Å². The van der Waals surface area contributed by atoms with Crippen LogP contribution in [0.4, 0.5) is 4.79 Å². The summed E-state index contributed by atoms with van der Waals surface area (Å²) in [6.07, 6.45) is 3.68. The lowest BCUT2D eigenvalue weighted by Gasteiger charge is -2.39. The fraction of sp³-hybridized carbons (Fsp3) is 0.944. The van der Waals surface area contributed by atoms with Gasteiger partial charge in [-0.05, 0) is 42.9 Å². The van der Waals surface area contributed by atoms with Crippen LogP contribution < -0.4 is 10.6 Å². The Morgan fingerprint density at radius 2 is 2.00 bits per heavy atom. The van der Waals surface area contributed by atoms with E-state index < -0.39 is 0 Å². The molecule has 1 saturated heterocycles. The molecule has 2 amide bonds. The molecule has 3 fully saturated rings. The number of hydrogen-bond donors (Lipinski definition) is 2. The first-order chi connectivity index (χ1) is 10.8. The summed E-state index contributed by atoms with van der Waals surface area (Å²) in [4.78, 5) is 14.8. The van der Waals surface area contributed by atoms with E-state index in [1.807, 2.05) is 0 Å². The second-order valence-corrected chi connectivity index (χ2v) is 8.59. The number of rotatable bonds is 4. The number of carbonyl (C=O) groups is 1. The maximum Gasteiger partial charge on any atom is 0.315 e. The van der Waals surface area contributed by atoms with Gasteiger partial charge in [0.15, 0.2) is 0 Å². The largest absolute Gasteiger partial charge is 0.379 e. The quantitative estimate of drug-likeness (QED) is 0.834. The summed E-state index contributed by atoms with van der Waals surface area (Å²) < 4.78 is 5.37. The molecule has 2 saturated carbocycles. The first-order valence-corrected chi connectivity index (χ1v) is 9.20. The highest BCUT2D eigenvalue weighted by Gasteiger charge is 2.61. The van der Waals surface area contributed by atoms with E-state index in [1.165, 1.54) is 12.8 Å². The van der Waals surface area contributed by atoms with Crippen LogP contribution in [0.5, 0.6) is 0 Å². The number of ether oxygens (including phenoxy) is 1. The van der Waals surface area contributed by atoms with Crippen molar-refractivity contribution in [1.29, 1.82) is 0 Å². The Hall–Kier alpha value is -0.810. The Balaban J connectivity index is 1.48. The number of nitrogens with zero attached hydrogens (tertiary/aromatic N) is 1. The number of carbonyl (C=O) groups excluding carboxylic acids is 1. The molecule has 2 N–H and O–H groups in total. The molecule has 23 heavy (non-hydrogen) atoms. The van der Waals surface area contributed by atoms with Gasteiger partial charge in [0.05, 0.1) is 13.2 Å². The van der Waals surface area contributed by atoms with E-state index in [1.54, 1.807) is 0 Å². The molecule has 4 unspecified atom stereocenters. The van der Waals surface area contributed by atoms with Gasteiger partial charge in [-0.25, -0.2) is 4.79 Å². The van der Waals surface area contributed by atoms with Crippen molar-refractivity contribution in [3.05, 3.63) is 0 Å². The lowest BCUT2D eigenvalue weighted by molar-refractivity contribution is 0.0348. The Morgan fingerprint density at radius 1 is 1.30 bits per heavy atom. The summed E-state index contributed by atoms with van der Waals surface area (Å²) >= 11 is 0. The first-order valence-electron chi connectivity index (χ1n) is 9.20. The zero-order valence-electron chi connectivity index (χ0n) is 15.2. The monoisotopic (exact) mass is 323 g/mol. The molecule has 0 spiro atoms. The van der Waals surface area contributed by atoms with Crippen LogP contribution in [0.3, 0.4) is 0 Å². The van der Waals surface area contributed by atoms with Gasteiger partial charge in [-0.2, -0.15) is 0 Å². The van der Waals surface area contributed by atoms with Crippen LogP contribution >= 0.6 is 0 Å². The van der Waals surface area contributed by atoms with Crippen LogP contribution in [-0.2, 0) is 4.74 Å². The smallest absolute Gasteiger partial charge is 0.315 e. The normalized spacial score (nSPS) is 37.6. The van der Waals surface area contributed by atoms with Crippen LogP contribution in [0, 0.1) is 16.7 Å². The standard InChI is InChI=1S/C18H33N3O2/c1-13(12-21-7-9-23-10-8-21)19-16(22)20-15-11-14-5-6-18(15,4)17(14,2)3/h13-15H,5-12H2,1-4H3,(H2,19,20,22). The van der Waals surface area contributed by atoms with Crippen LogP contribution in [0.25, 0.3) is 0 Å². The molecule has 1 aliphatic heterocycles. The summed E-state index contributed by atoms with van der Waals surface area (Å²) in [5, 5.41) is 6.41. The average Bonchev–Trinajstić information content (AvgIpc) is 2.81. The Bertz CT molecular complexity index is 448. The summed E-state index contributed by atoms with van der Waals surface area (Å²) in [7, 11) is 0. The minimum atomic E-state index is 0.000310. The molecule has 0 aromatic rings. The van der Waals surface area contributed by atoms with Crippen molar-refractivity contribution in [2.75, 3.05) is 32.8 Å². The predicted molar refractivity (Wildman–Crippen MR) is 91.4 cm³/mol. The number of amides is 2. The first kappa shape index (κ1) is 17.0. The Labute approximate surface area is 140 Å². The van der Waals surface area contributed by atoms with E-state index in [9.17, 15) is 4.79 Å². The molecule has 0 aromatic carbocycles. The summed E-state index contributed by atoms with van der Waals surface area (Å²) in [5.41, 5.74) is 0.576. The highest BCUT2D eigenvalue weighted by molar-refractivity contribution is 5.74. The van der Waals surface area contributed by atoms with Crippen LogP contribution in [0.2, 0.25) is 0 Å². The molecule has 3 rings (SSSR count). The third kappa shape index (κ3) is 3.10. The van der Waals surface area contributed by atoms with Crippen molar-refractivity contribution in [3.8, 4) is 0 Å². The second-order valence-electron chi connectivity index (χ2n) is 8.59. The topological polar surface area (TPSA) is 53.6 Å². The molecule has 5 nitrogen and oxygen atoms in total. The van der Waals surface area contributed by atoms with Crippen molar-refractivity contribution in [2.45, 2.75) is 59.0 Å². The van der Waals surface area contributed by atoms with Crippen molar-refractivity contribution in [1.82, 2.24) is 15.5 Å². The number of fused-ring (bicyclic) bond motifs is 2. The lowest BCUT2D eigenvalue weighted by Crippen LogP contribution is -2.53. The Kier molecular flexibility index (Phi) is 4.62. The second kappa shape index (κ2) is 6.25. The number of hydrogen-bond acceptors (Lipinski definition) is 3. The SMILES string of the molecule is CC(CN1CCOCC1)NC(=O)NC1CC2CCC1(C)C2(C)C. The molecule has 0 radical (unpaired) electrons. The zero-order chi connectivity index (χ0) is 16.7.